The molecule has 1 fully saturated rings. The molecule has 2 nitrogen and oxygen atoms in total. The molecule has 2 heteroatoms. The predicted octanol–water partition coefficient (Wildman–Crippen LogP) is 4.90. The van der Waals surface area contributed by atoms with Crippen LogP contribution in [0.2, 0.25) is 0 Å². The average molecular weight is 268 g/mol. The van der Waals surface area contributed by atoms with E-state index >= 15 is 0 Å². The molecule has 1 aliphatic rings. The van der Waals surface area contributed by atoms with Crippen molar-refractivity contribution in [2.45, 2.75) is 90.6 Å². The highest BCUT2D eigenvalue weighted by Gasteiger charge is 2.41. The van der Waals surface area contributed by atoms with Crippen molar-refractivity contribution in [1.29, 1.82) is 0 Å². The van der Waals surface area contributed by atoms with E-state index in [1.54, 1.807) is 0 Å². The van der Waals surface area contributed by atoms with Crippen LogP contribution in [0.5, 0.6) is 0 Å². The van der Waals surface area contributed by atoms with Gasteiger partial charge in [-0.1, -0.05) is 46.0 Å². The Morgan fingerprint density at radius 3 is 2.58 bits per heavy atom. The highest BCUT2D eigenvalue weighted by atomic mass is 16.5. The lowest BCUT2D eigenvalue weighted by atomic mass is 9.75. The van der Waals surface area contributed by atoms with Crippen LogP contribution in [-0.4, -0.2) is 18.0 Å². The molecule has 0 radical (unpaired) electrons. The topological polar surface area (TPSA) is 26.3 Å². The van der Waals surface area contributed by atoms with E-state index < -0.39 is 5.60 Å². The lowest BCUT2D eigenvalue weighted by Gasteiger charge is -2.38. The number of hydrogen-bond acceptors (Lipinski definition) is 2. The number of carbonyl (C=O) groups is 1. The van der Waals surface area contributed by atoms with Gasteiger partial charge < -0.3 is 4.74 Å². The summed E-state index contributed by atoms with van der Waals surface area (Å²) in [5.74, 6) is 1.00. The van der Waals surface area contributed by atoms with Gasteiger partial charge in [-0.25, -0.2) is 0 Å². The SMILES string of the molecule is CCCCCCCC(=O)C1(OCC)CCCC(C)C1. The van der Waals surface area contributed by atoms with Gasteiger partial charge in [0, 0.05) is 13.0 Å². The van der Waals surface area contributed by atoms with Crippen LogP contribution in [0.25, 0.3) is 0 Å². The molecule has 0 heterocycles. The first kappa shape index (κ1) is 16.7. The molecule has 0 amide bonds. The van der Waals surface area contributed by atoms with Crippen LogP contribution in [0.15, 0.2) is 0 Å². The number of ketones is 1. The fourth-order valence-electron chi connectivity index (χ4n) is 3.36. The van der Waals surface area contributed by atoms with Crippen molar-refractivity contribution in [1.82, 2.24) is 0 Å². The van der Waals surface area contributed by atoms with E-state index in [0.29, 0.717) is 18.3 Å². The van der Waals surface area contributed by atoms with Crippen molar-refractivity contribution in [3.63, 3.8) is 0 Å². The summed E-state index contributed by atoms with van der Waals surface area (Å²) in [6.07, 6.45) is 11.0. The van der Waals surface area contributed by atoms with Crippen molar-refractivity contribution < 1.29 is 9.53 Å². The zero-order valence-corrected chi connectivity index (χ0v) is 13.2. The monoisotopic (exact) mass is 268 g/mol. The zero-order valence-electron chi connectivity index (χ0n) is 13.2. The third-order valence-electron chi connectivity index (χ3n) is 4.39. The third-order valence-corrected chi connectivity index (χ3v) is 4.39. The molecule has 19 heavy (non-hydrogen) atoms. The van der Waals surface area contributed by atoms with Crippen LogP contribution in [0, 0.1) is 5.92 Å². The largest absolute Gasteiger partial charge is 0.367 e. The minimum absolute atomic E-state index is 0.373. The predicted molar refractivity (Wildman–Crippen MR) is 80.4 cm³/mol. The van der Waals surface area contributed by atoms with Crippen LogP contribution >= 0.6 is 0 Å². The van der Waals surface area contributed by atoms with Crippen molar-refractivity contribution in [2.24, 2.45) is 5.92 Å². The summed E-state index contributed by atoms with van der Waals surface area (Å²) in [5, 5.41) is 0. The lowest BCUT2D eigenvalue weighted by molar-refractivity contribution is -0.151. The molecule has 0 N–H and O–H groups in total. The third kappa shape index (κ3) is 5.25. The number of ether oxygens (including phenoxy) is 1. The second-order valence-electron chi connectivity index (χ2n) is 6.22. The summed E-state index contributed by atoms with van der Waals surface area (Å²) >= 11 is 0. The van der Waals surface area contributed by atoms with Gasteiger partial charge in [0.25, 0.3) is 0 Å². The Bertz CT molecular complexity index is 258. The molecular formula is C17H32O2. The average Bonchev–Trinajstić information content (AvgIpc) is 2.38. The summed E-state index contributed by atoms with van der Waals surface area (Å²) in [6, 6.07) is 0. The molecule has 0 aromatic heterocycles. The minimum atomic E-state index is -0.433. The quantitative estimate of drug-likeness (QED) is 0.556. The Kier molecular flexibility index (Phi) is 7.67. The number of Topliss-reactive ketones (excluding diaryl/α,β-unsaturated/α-hetero) is 1. The fraction of sp³-hybridized carbons (Fsp3) is 0.941. The normalized spacial score (nSPS) is 27.4. The van der Waals surface area contributed by atoms with E-state index in [9.17, 15) is 4.79 Å². The van der Waals surface area contributed by atoms with E-state index in [1.807, 2.05) is 6.92 Å². The highest BCUT2D eigenvalue weighted by Crippen LogP contribution is 2.37. The summed E-state index contributed by atoms with van der Waals surface area (Å²) < 4.78 is 5.93. The van der Waals surface area contributed by atoms with Gasteiger partial charge in [-0.3, -0.25) is 4.79 Å². The van der Waals surface area contributed by atoms with Gasteiger partial charge in [-0.2, -0.15) is 0 Å². The number of hydrogen-bond donors (Lipinski definition) is 0. The van der Waals surface area contributed by atoms with Crippen LogP contribution in [-0.2, 0) is 9.53 Å². The molecule has 0 aromatic rings. The number of rotatable bonds is 9. The molecule has 1 aliphatic carbocycles. The lowest BCUT2D eigenvalue weighted by Crippen LogP contribution is -2.45. The van der Waals surface area contributed by atoms with Gasteiger partial charge in [0.2, 0.25) is 0 Å². The van der Waals surface area contributed by atoms with Gasteiger partial charge in [0.05, 0.1) is 0 Å². The standard InChI is InChI=1S/C17H32O2/c1-4-6-7-8-9-12-16(18)17(19-5-2)13-10-11-15(3)14-17/h15H,4-14H2,1-3H3. The van der Waals surface area contributed by atoms with Crippen molar-refractivity contribution in [3.05, 3.63) is 0 Å². The van der Waals surface area contributed by atoms with Crippen LogP contribution in [0.3, 0.4) is 0 Å². The molecular weight excluding hydrogens is 236 g/mol. The highest BCUT2D eigenvalue weighted by molar-refractivity contribution is 5.87. The molecule has 0 aliphatic heterocycles. The van der Waals surface area contributed by atoms with Crippen LogP contribution in [0.4, 0.5) is 0 Å². The van der Waals surface area contributed by atoms with Gasteiger partial charge >= 0.3 is 0 Å². The molecule has 112 valence electrons. The zero-order chi connectivity index (χ0) is 14.1. The first-order chi connectivity index (χ1) is 9.14. The van der Waals surface area contributed by atoms with Crippen molar-refractivity contribution in [3.8, 4) is 0 Å². The Hall–Kier alpha value is -0.370. The first-order valence-electron chi connectivity index (χ1n) is 8.32. The molecule has 1 rings (SSSR count). The Balaban J connectivity index is 2.43. The molecule has 0 bridgehead atoms. The first-order valence-corrected chi connectivity index (χ1v) is 8.32. The summed E-state index contributed by atoms with van der Waals surface area (Å²) in [6.45, 7) is 7.14. The fourth-order valence-corrected chi connectivity index (χ4v) is 3.36. The van der Waals surface area contributed by atoms with E-state index in [-0.39, 0.29) is 0 Å². The maximum Gasteiger partial charge on any atom is 0.164 e. The Labute approximate surface area is 119 Å². The summed E-state index contributed by atoms with van der Waals surface area (Å²) in [5.41, 5.74) is -0.433. The molecule has 0 spiro atoms. The van der Waals surface area contributed by atoms with Crippen LogP contribution in [0.1, 0.15) is 85.0 Å². The van der Waals surface area contributed by atoms with Gasteiger partial charge in [0.15, 0.2) is 5.78 Å². The van der Waals surface area contributed by atoms with E-state index in [4.69, 9.17) is 4.74 Å². The molecule has 0 aromatic carbocycles. The van der Waals surface area contributed by atoms with Crippen LogP contribution < -0.4 is 0 Å². The van der Waals surface area contributed by atoms with E-state index in [2.05, 4.69) is 13.8 Å². The molecule has 0 saturated heterocycles. The summed E-state index contributed by atoms with van der Waals surface area (Å²) in [4.78, 5) is 12.6. The van der Waals surface area contributed by atoms with E-state index in [0.717, 1.165) is 32.1 Å². The number of carbonyl (C=O) groups excluding carboxylic acids is 1. The molecule has 2 unspecified atom stereocenters. The van der Waals surface area contributed by atoms with Crippen molar-refractivity contribution in [2.75, 3.05) is 6.61 Å². The second kappa shape index (κ2) is 8.73. The Morgan fingerprint density at radius 1 is 1.21 bits per heavy atom. The minimum Gasteiger partial charge on any atom is -0.367 e. The summed E-state index contributed by atoms with van der Waals surface area (Å²) in [7, 11) is 0. The maximum atomic E-state index is 12.6. The van der Waals surface area contributed by atoms with Crippen molar-refractivity contribution >= 4 is 5.78 Å². The Morgan fingerprint density at radius 2 is 1.95 bits per heavy atom. The second-order valence-corrected chi connectivity index (χ2v) is 6.22. The maximum absolute atomic E-state index is 12.6. The van der Waals surface area contributed by atoms with Gasteiger partial charge in [-0.05, 0) is 38.5 Å². The van der Waals surface area contributed by atoms with Gasteiger partial charge in [0.1, 0.15) is 5.60 Å². The molecule has 2 atom stereocenters. The smallest absolute Gasteiger partial charge is 0.164 e. The van der Waals surface area contributed by atoms with E-state index in [1.165, 1.54) is 32.1 Å². The molecule has 1 saturated carbocycles. The number of unbranched alkanes of at least 4 members (excludes halogenated alkanes) is 4. The van der Waals surface area contributed by atoms with Gasteiger partial charge in [-0.15, -0.1) is 0 Å².